The van der Waals surface area contributed by atoms with Crippen molar-refractivity contribution in [2.24, 2.45) is 0 Å². The molecule has 148 valence electrons. The van der Waals surface area contributed by atoms with Crippen molar-refractivity contribution in [1.82, 2.24) is 24.4 Å². The van der Waals surface area contributed by atoms with E-state index in [0.717, 1.165) is 47.5 Å². The third-order valence-electron chi connectivity index (χ3n) is 5.89. The van der Waals surface area contributed by atoms with E-state index in [1.165, 1.54) is 22.4 Å². The Labute approximate surface area is 178 Å². The van der Waals surface area contributed by atoms with Crippen molar-refractivity contribution in [2.45, 2.75) is 38.9 Å². The maximum Gasteiger partial charge on any atom is 0.204 e. The van der Waals surface area contributed by atoms with Crippen LogP contribution in [0.2, 0.25) is 0 Å². The fourth-order valence-corrected chi connectivity index (χ4v) is 5.07. The molecule has 0 saturated carbocycles. The average Bonchev–Trinajstić information content (AvgIpc) is 3.44. The van der Waals surface area contributed by atoms with Gasteiger partial charge in [0.1, 0.15) is 6.04 Å². The van der Waals surface area contributed by atoms with Crippen LogP contribution in [0.25, 0.3) is 5.70 Å². The summed E-state index contributed by atoms with van der Waals surface area (Å²) < 4.78 is 3.33. The Kier molecular flexibility index (Phi) is 4.35. The number of hydrogen-bond donors (Lipinski definition) is 2. The van der Waals surface area contributed by atoms with Crippen molar-refractivity contribution in [3.8, 4) is 0 Å². The fourth-order valence-electron chi connectivity index (χ4n) is 4.50. The van der Waals surface area contributed by atoms with Crippen LogP contribution in [0.1, 0.15) is 40.5 Å². The van der Waals surface area contributed by atoms with Gasteiger partial charge >= 0.3 is 0 Å². The molecular formula is C22H23BrN6. The molecule has 0 fully saturated rings. The molecule has 0 radical (unpaired) electrons. The van der Waals surface area contributed by atoms with Crippen molar-refractivity contribution >= 4 is 27.6 Å². The number of rotatable bonds is 5. The molecule has 2 N–H and O–H groups in total. The summed E-state index contributed by atoms with van der Waals surface area (Å²) >= 11 is 3.63. The first kappa shape index (κ1) is 18.2. The summed E-state index contributed by atoms with van der Waals surface area (Å²) in [6, 6.07) is 4.18. The summed E-state index contributed by atoms with van der Waals surface area (Å²) in [7, 11) is 0. The van der Waals surface area contributed by atoms with Gasteiger partial charge in [0.05, 0.1) is 12.0 Å². The van der Waals surface area contributed by atoms with Gasteiger partial charge in [-0.3, -0.25) is 0 Å². The Hall–Kier alpha value is -2.80. The molecule has 0 saturated heterocycles. The second-order valence-electron chi connectivity index (χ2n) is 7.69. The molecule has 6 nitrogen and oxygen atoms in total. The Bertz CT molecular complexity index is 1110. The minimum Gasteiger partial charge on any atom is -0.353 e. The van der Waals surface area contributed by atoms with Crippen LogP contribution in [0.5, 0.6) is 0 Å². The number of nitrogens with one attached hydrogen (secondary N) is 2. The number of halogens is 1. The van der Waals surface area contributed by atoms with Gasteiger partial charge in [-0.25, -0.2) is 9.97 Å². The standard InChI is InChI=1S/C22H23BrN6/c1-13-9-16(23)10-17-15(3)29(11-18(13)17)21(14(2)27-22-24-6-7-25-22)20-19-5-4-8-28(19)12-26-20/h6-7,9-10,12,21H,2-5,8,11H2,1H3,(H2,24,25,27). The van der Waals surface area contributed by atoms with Crippen LogP contribution >= 0.6 is 15.9 Å². The lowest BCUT2D eigenvalue weighted by Gasteiger charge is -2.31. The van der Waals surface area contributed by atoms with Crippen molar-refractivity contribution in [3.05, 3.63) is 82.3 Å². The van der Waals surface area contributed by atoms with Crippen LogP contribution in [0.4, 0.5) is 5.95 Å². The number of imidazole rings is 2. The first-order chi connectivity index (χ1) is 14.0. The fraction of sp³-hybridized carbons (Fsp3) is 0.273. The van der Waals surface area contributed by atoms with Crippen molar-refractivity contribution in [2.75, 3.05) is 5.32 Å². The molecule has 0 spiro atoms. The molecule has 0 aliphatic carbocycles. The normalized spacial score (nSPS) is 16.1. The summed E-state index contributed by atoms with van der Waals surface area (Å²) in [5.74, 6) is 0.678. The molecule has 29 heavy (non-hydrogen) atoms. The minimum atomic E-state index is -0.132. The van der Waals surface area contributed by atoms with Gasteiger partial charge in [0.15, 0.2) is 0 Å². The number of benzene rings is 1. The zero-order chi connectivity index (χ0) is 20.1. The molecule has 5 rings (SSSR count). The van der Waals surface area contributed by atoms with Gasteiger partial charge in [-0.2, -0.15) is 0 Å². The zero-order valence-electron chi connectivity index (χ0n) is 16.4. The van der Waals surface area contributed by atoms with E-state index in [2.05, 4.69) is 72.9 Å². The highest BCUT2D eigenvalue weighted by Gasteiger charge is 2.36. The highest BCUT2D eigenvalue weighted by molar-refractivity contribution is 9.10. The summed E-state index contributed by atoms with van der Waals surface area (Å²) in [6.07, 6.45) is 7.67. The molecule has 1 atom stereocenters. The topological polar surface area (TPSA) is 61.8 Å². The van der Waals surface area contributed by atoms with Crippen LogP contribution in [-0.2, 0) is 19.5 Å². The van der Waals surface area contributed by atoms with E-state index >= 15 is 0 Å². The summed E-state index contributed by atoms with van der Waals surface area (Å²) in [5, 5.41) is 3.35. The van der Waals surface area contributed by atoms with E-state index in [1.807, 2.05) is 6.33 Å². The smallest absolute Gasteiger partial charge is 0.204 e. The second-order valence-corrected chi connectivity index (χ2v) is 8.60. The van der Waals surface area contributed by atoms with Crippen molar-refractivity contribution in [3.63, 3.8) is 0 Å². The molecule has 2 aliphatic heterocycles. The molecule has 0 amide bonds. The lowest BCUT2D eigenvalue weighted by atomic mass is 10.0. The van der Waals surface area contributed by atoms with Gasteiger partial charge in [0.25, 0.3) is 0 Å². The van der Waals surface area contributed by atoms with E-state index in [-0.39, 0.29) is 6.04 Å². The molecular weight excluding hydrogens is 428 g/mol. The summed E-state index contributed by atoms with van der Waals surface area (Å²) in [4.78, 5) is 14.5. The van der Waals surface area contributed by atoms with E-state index in [0.29, 0.717) is 5.95 Å². The molecule has 4 heterocycles. The summed E-state index contributed by atoms with van der Waals surface area (Å²) in [5.41, 5.74) is 7.93. The van der Waals surface area contributed by atoms with E-state index in [4.69, 9.17) is 4.98 Å². The Morgan fingerprint density at radius 3 is 3.00 bits per heavy atom. The van der Waals surface area contributed by atoms with Crippen LogP contribution < -0.4 is 5.32 Å². The third-order valence-corrected chi connectivity index (χ3v) is 6.35. The zero-order valence-corrected chi connectivity index (χ0v) is 18.0. The lowest BCUT2D eigenvalue weighted by Crippen LogP contribution is -2.28. The molecule has 3 aromatic rings. The monoisotopic (exact) mass is 450 g/mol. The van der Waals surface area contributed by atoms with Gasteiger partial charge in [-0.05, 0) is 43.0 Å². The van der Waals surface area contributed by atoms with Crippen molar-refractivity contribution in [1.29, 1.82) is 0 Å². The van der Waals surface area contributed by atoms with Gasteiger partial charge < -0.3 is 19.8 Å². The number of aryl methyl sites for hydroxylation is 2. The van der Waals surface area contributed by atoms with Crippen LogP contribution in [0.3, 0.4) is 0 Å². The van der Waals surface area contributed by atoms with Gasteiger partial charge in [0, 0.05) is 52.6 Å². The first-order valence-corrected chi connectivity index (χ1v) is 10.6. The Balaban J connectivity index is 1.56. The number of nitrogens with zero attached hydrogens (tertiary/aromatic N) is 4. The second kappa shape index (κ2) is 6.91. The minimum absolute atomic E-state index is 0.132. The molecule has 0 bridgehead atoms. The number of H-pyrrole nitrogens is 1. The highest BCUT2D eigenvalue weighted by Crippen LogP contribution is 2.44. The molecule has 1 unspecified atom stereocenters. The SMILES string of the molecule is C=C(Nc1ncc[nH]1)C(c1ncn2c1CCC2)N1Cc2c(C)cc(Br)cc2C1=C. The number of aromatic amines is 1. The van der Waals surface area contributed by atoms with Gasteiger partial charge in [-0.1, -0.05) is 29.1 Å². The molecule has 2 aromatic heterocycles. The quantitative estimate of drug-likeness (QED) is 0.587. The molecule has 1 aromatic carbocycles. The van der Waals surface area contributed by atoms with E-state index in [9.17, 15) is 0 Å². The predicted molar refractivity (Wildman–Crippen MR) is 118 cm³/mol. The largest absolute Gasteiger partial charge is 0.353 e. The van der Waals surface area contributed by atoms with E-state index < -0.39 is 0 Å². The average molecular weight is 451 g/mol. The number of aromatic nitrogens is 4. The maximum atomic E-state index is 4.81. The van der Waals surface area contributed by atoms with Gasteiger partial charge in [0.2, 0.25) is 5.95 Å². The van der Waals surface area contributed by atoms with Gasteiger partial charge in [-0.15, -0.1) is 0 Å². The van der Waals surface area contributed by atoms with Crippen LogP contribution in [-0.4, -0.2) is 24.4 Å². The lowest BCUT2D eigenvalue weighted by molar-refractivity contribution is 0.336. The van der Waals surface area contributed by atoms with Crippen molar-refractivity contribution < 1.29 is 0 Å². The van der Waals surface area contributed by atoms with Crippen LogP contribution in [0, 0.1) is 6.92 Å². The molecule has 2 aliphatic rings. The first-order valence-electron chi connectivity index (χ1n) is 9.77. The van der Waals surface area contributed by atoms with Crippen LogP contribution in [0.15, 0.2) is 54.2 Å². The highest BCUT2D eigenvalue weighted by atomic mass is 79.9. The number of anilines is 1. The Morgan fingerprint density at radius 2 is 2.21 bits per heavy atom. The van der Waals surface area contributed by atoms with E-state index in [1.54, 1.807) is 12.4 Å². The third kappa shape index (κ3) is 3.00. The Morgan fingerprint density at radius 1 is 1.34 bits per heavy atom. The number of fused-ring (bicyclic) bond motifs is 2. The number of hydrogen-bond acceptors (Lipinski definition) is 4. The maximum absolute atomic E-state index is 4.81. The summed E-state index contributed by atoms with van der Waals surface area (Å²) in [6.45, 7) is 12.8. The predicted octanol–water partition coefficient (Wildman–Crippen LogP) is 4.78. The molecule has 7 heteroatoms.